The van der Waals surface area contributed by atoms with E-state index in [0.717, 1.165) is 20.8 Å². The van der Waals surface area contributed by atoms with Crippen molar-refractivity contribution in [3.63, 3.8) is 0 Å². The molecule has 0 saturated carbocycles. The van der Waals surface area contributed by atoms with E-state index >= 15 is 0 Å². The Balaban J connectivity index is 2.16. The van der Waals surface area contributed by atoms with Crippen molar-refractivity contribution in [3.8, 4) is 22.1 Å². The van der Waals surface area contributed by atoms with Crippen LogP contribution in [0.25, 0.3) is 20.8 Å². The highest BCUT2D eigenvalue weighted by molar-refractivity contribution is 7.21. The number of thiazole rings is 1. The zero-order chi connectivity index (χ0) is 14.1. The Morgan fingerprint density at radius 3 is 2.60 bits per heavy atom. The van der Waals surface area contributed by atoms with Gasteiger partial charge in [0, 0.05) is 5.56 Å². The van der Waals surface area contributed by atoms with Gasteiger partial charge in [0.1, 0.15) is 5.01 Å². The SMILES string of the molecule is COc1cc(-c2nc3ccccc3s2)cc(Cl)c1OC. The normalized spacial score (nSPS) is 10.8. The Kier molecular flexibility index (Phi) is 3.51. The number of benzene rings is 2. The predicted octanol–water partition coefficient (Wildman–Crippen LogP) is 4.63. The van der Waals surface area contributed by atoms with E-state index in [9.17, 15) is 0 Å². The van der Waals surface area contributed by atoms with Gasteiger partial charge in [-0.1, -0.05) is 23.7 Å². The van der Waals surface area contributed by atoms with Crippen LogP contribution in [-0.2, 0) is 0 Å². The molecule has 3 nitrogen and oxygen atoms in total. The summed E-state index contributed by atoms with van der Waals surface area (Å²) < 4.78 is 11.7. The molecule has 0 spiro atoms. The number of para-hydroxylation sites is 1. The summed E-state index contributed by atoms with van der Waals surface area (Å²) >= 11 is 7.86. The summed E-state index contributed by atoms with van der Waals surface area (Å²) in [6.07, 6.45) is 0. The number of halogens is 1. The molecule has 20 heavy (non-hydrogen) atoms. The van der Waals surface area contributed by atoms with Crippen molar-refractivity contribution in [2.75, 3.05) is 14.2 Å². The quantitative estimate of drug-likeness (QED) is 0.706. The summed E-state index contributed by atoms with van der Waals surface area (Å²) in [5.74, 6) is 1.15. The van der Waals surface area contributed by atoms with Crippen LogP contribution in [0.1, 0.15) is 0 Å². The number of ether oxygens (including phenoxy) is 2. The number of nitrogens with zero attached hydrogens (tertiary/aromatic N) is 1. The fraction of sp³-hybridized carbons (Fsp3) is 0.133. The summed E-state index contributed by atoms with van der Waals surface area (Å²) in [5, 5.41) is 1.43. The van der Waals surface area contributed by atoms with E-state index in [1.54, 1.807) is 25.6 Å². The van der Waals surface area contributed by atoms with Crippen molar-refractivity contribution < 1.29 is 9.47 Å². The fourth-order valence-electron chi connectivity index (χ4n) is 2.04. The van der Waals surface area contributed by atoms with Gasteiger partial charge in [0.15, 0.2) is 11.5 Å². The number of rotatable bonds is 3. The maximum Gasteiger partial charge on any atom is 0.179 e. The summed E-state index contributed by atoms with van der Waals surface area (Å²) in [7, 11) is 3.16. The Hall–Kier alpha value is -1.78. The molecular formula is C15H12ClNO2S. The van der Waals surface area contributed by atoms with E-state index in [2.05, 4.69) is 11.1 Å². The number of methoxy groups -OCH3 is 2. The van der Waals surface area contributed by atoms with Gasteiger partial charge >= 0.3 is 0 Å². The van der Waals surface area contributed by atoms with Crippen molar-refractivity contribution in [1.82, 2.24) is 4.98 Å². The van der Waals surface area contributed by atoms with Crippen LogP contribution in [-0.4, -0.2) is 19.2 Å². The van der Waals surface area contributed by atoms with Crippen molar-refractivity contribution >= 4 is 33.2 Å². The molecule has 0 radical (unpaired) electrons. The van der Waals surface area contributed by atoms with Gasteiger partial charge in [-0.2, -0.15) is 0 Å². The molecule has 0 bridgehead atoms. The largest absolute Gasteiger partial charge is 0.493 e. The van der Waals surface area contributed by atoms with Gasteiger partial charge in [0.2, 0.25) is 0 Å². The molecule has 0 fully saturated rings. The van der Waals surface area contributed by atoms with E-state index in [4.69, 9.17) is 21.1 Å². The lowest BCUT2D eigenvalue weighted by atomic mass is 10.2. The van der Waals surface area contributed by atoms with Crippen molar-refractivity contribution in [1.29, 1.82) is 0 Å². The van der Waals surface area contributed by atoms with E-state index in [0.29, 0.717) is 16.5 Å². The molecule has 2 aromatic carbocycles. The molecular weight excluding hydrogens is 294 g/mol. The van der Waals surface area contributed by atoms with Crippen LogP contribution in [0, 0.1) is 0 Å². The highest BCUT2D eigenvalue weighted by atomic mass is 35.5. The van der Waals surface area contributed by atoms with Gasteiger partial charge in [0.05, 0.1) is 29.5 Å². The number of hydrogen-bond acceptors (Lipinski definition) is 4. The molecule has 0 aliphatic heterocycles. The van der Waals surface area contributed by atoms with Crippen LogP contribution < -0.4 is 9.47 Å². The van der Waals surface area contributed by atoms with Crippen molar-refractivity contribution in [2.45, 2.75) is 0 Å². The average Bonchev–Trinajstić information content (AvgIpc) is 2.90. The Labute approximate surface area is 125 Å². The Bertz CT molecular complexity index is 737. The molecule has 0 aliphatic rings. The minimum Gasteiger partial charge on any atom is -0.493 e. The molecule has 1 aromatic heterocycles. The van der Waals surface area contributed by atoms with E-state index in [1.807, 2.05) is 30.3 Å². The van der Waals surface area contributed by atoms with E-state index < -0.39 is 0 Å². The zero-order valence-electron chi connectivity index (χ0n) is 11.0. The average molecular weight is 306 g/mol. The van der Waals surface area contributed by atoms with Gasteiger partial charge in [-0.25, -0.2) is 4.98 Å². The third-order valence-corrected chi connectivity index (χ3v) is 4.34. The second-order valence-electron chi connectivity index (χ2n) is 4.18. The van der Waals surface area contributed by atoms with Gasteiger partial charge in [0.25, 0.3) is 0 Å². The summed E-state index contributed by atoms with van der Waals surface area (Å²) in [4.78, 5) is 4.62. The van der Waals surface area contributed by atoms with Gasteiger partial charge in [-0.15, -0.1) is 11.3 Å². The Morgan fingerprint density at radius 1 is 1.10 bits per heavy atom. The predicted molar refractivity (Wildman–Crippen MR) is 83.2 cm³/mol. The molecule has 3 rings (SSSR count). The van der Waals surface area contributed by atoms with Crippen LogP contribution in [0.3, 0.4) is 0 Å². The minimum atomic E-state index is 0.515. The molecule has 0 unspecified atom stereocenters. The van der Waals surface area contributed by atoms with E-state index in [1.165, 1.54) is 0 Å². The van der Waals surface area contributed by atoms with Gasteiger partial charge in [-0.05, 0) is 24.3 Å². The Morgan fingerprint density at radius 2 is 1.90 bits per heavy atom. The number of hydrogen-bond donors (Lipinski definition) is 0. The molecule has 0 amide bonds. The molecule has 0 aliphatic carbocycles. The minimum absolute atomic E-state index is 0.515. The first-order valence-electron chi connectivity index (χ1n) is 6.00. The fourth-order valence-corrected chi connectivity index (χ4v) is 3.28. The highest BCUT2D eigenvalue weighted by Crippen LogP contribution is 2.40. The first-order chi connectivity index (χ1) is 9.72. The van der Waals surface area contributed by atoms with Crippen LogP contribution in [0.2, 0.25) is 5.02 Å². The highest BCUT2D eigenvalue weighted by Gasteiger charge is 2.14. The van der Waals surface area contributed by atoms with E-state index in [-0.39, 0.29) is 0 Å². The summed E-state index contributed by atoms with van der Waals surface area (Å²) in [6, 6.07) is 11.8. The monoisotopic (exact) mass is 305 g/mol. The third kappa shape index (κ3) is 2.21. The first-order valence-corrected chi connectivity index (χ1v) is 7.20. The van der Waals surface area contributed by atoms with Crippen LogP contribution in [0.15, 0.2) is 36.4 Å². The summed E-state index contributed by atoms with van der Waals surface area (Å²) in [6.45, 7) is 0. The third-order valence-electron chi connectivity index (χ3n) is 2.97. The van der Waals surface area contributed by atoms with Crippen molar-refractivity contribution in [2.24, 2.45) is 0 Å². The molecule has 3 aromatic rings. The van der Waals surface area contributed by atoms with Crippen LogP contribution >= 0.6 is 22.9 Å². The lowest BCUT2D eigenvalue weighted by molar-refractivity contribution is 0.355. The molecule has 0 saturated heterocycles. The van der Waals surface area contributed by atoms with Gasteiger partial charge in [-0.3, -0.25) is 0 Å². The molecule has 102 valence electrons. The second kappa shape index (κ2) is 5.31. The van der Waals surface area contributed by atoms with Crippen LogP contribution in [0.5, 0.6) is 11.5 Å². The molecule has 0 atom stereocenters. The molecule has 0 N–H and O–H groups in total. The maximum absolute atomic E-state index is 6.23. The lowest BCUT2D eigenvalue weighted by Gasteiger charge is -2.10. The standard InChI is InChI=1S/C15H12ClNO2S/c1-18-12-8-9(7-10(16)14(12)19-2)15-17-11-5-3-4-6-13(11)20-15/h3-8H,1-2H3. The smallest absolute Gasteiger partial charge is 0.179 e. The van der Waals surface area contributed by atoms with Crippen LogP contribution in [0.4, 0.5) is 0 Å². The second-order valence-corrected chi connectivity index (χ2v) is 5.62. The maximum atomic E-state index is 6.23. The zero-order valence-corrected chi connectivity index (χ0v) is 12.6. The number of fused-ring (bicyclic) bond motifs is 1. The molecule has 1 heterocycles. The lowest BCUT2D eigenvalue weighted by Crippen LogP contribution is -1.92. The first kappa shape index (κ1) is 13.2. The summed E-state index contributed by atoms with van der Waals surface area (Å²) in [5.41, 5.74) is 1.91. The molecule has 5 heteroatoms. The topological polar surface area (TPSA) is 31.4 Å². The van der Waals surface area contributed by atoms with Crippen molar-refractivity contribution in [3.05, 3.63) is 41.4 Å². The van der Waals surface area contributed by atoms with Gasteiger partial charge < -0.3 is 9.47 Å². The number of aromatic nitrogens is 1.